The third kappa shape index (κ3) is 6.43. The number of aromatic nitrogens is 1. The zero-order chi connectivity index (χ0) is 27.5. The number of likely N-dealkylation sites (N-methyl/N-ethyl adjacent to an activating group) is 1. The van der Waals surface area contributed by atoms with E-state index in [0.29, 0.717) is 16.6 Å². The van der Waals surface area contributed by atoms with Gasteiger partial charge in [-0.25, -0.2) is 14.0 Å². The van der Waals surface area contributed by atoms with Crippen molar-refractivity contribution in [2.24, 2.45) is 0 Å². The summed E-state index contributed by atoms with van der Waals surface area (Å²) >= 11 is 0. The highest BCUT2D eigenvalue weighted by atomic mass is 19.1. The molecule has 196 valence electrons. The summed E-state index contributed by atoms with van der Waals surface area (Å²) < 4.78 is 19.9. The summed E-state index contributed by atoms with van der Waals surface area (Å²) in [6.45, 7) is 5.27. The predicted octanol–water partition coefficient (Wildman–Crippen LogP) is 4.07. The molecule has 10 nitrogen and oxygen atoms in total. The molecule has 4 N–H and O–H groups in total. The van der Waals surface area contributed by atoms with E-state index >= 15 is 0 Å². The maximum atomic E-state index is 14.5. The molecule has 3 rings (SSSR count). The first-order valence-electron chi connectivity index (χ1n) is 11.5. The van der Waals surface area contributed by atoms with Crippen LogP contribution in [0.25, 0.3) is 10.9 Å². The number of carbonyl (C=O) groups excluding carboxylic acids is 2. The molecule has 0 aliphatic carbocycles. The van der Waals surface area contributed by atoms with Crippen LogP contribution in [0, 0.1) is 5.82 Å². The zero-order valence-corrected chi connectivity index (χ0v) is 21.2. The second-order valence-corrected chi connectivity index (χ2v) is 9.42. The smallest absolute Gasteiger partial charge is 0.410 e. The molecule has 2 amide bonds. The van der Waals surface area contributed by atoms with Gasteiger partial charge in [-0.2, -0.15) is 0 Å². The average Bonchev–Trinajstić information content (AvgIpc) is 2.81. The highest BCUT2D eigenvalue weighted by Crippen LogP contribution is 2.27. The first-order chi connectivity index (χ1) is 17.3. The second kappa shape index (κ2) is 10.7. The van der Waals surface area contributed by atoms with Gasteiger partial charge in [-0.1, -0.05) is 0 Å². The van der Waals surface area contributed by atoms with E-state index < -0.39 is 34.9 Å². The molecule has 0 bridgehead atoms. The molecule has 0 aliphatic rings. The fourth-order valence-corrected chi connectivity index (χ4v) is 3.72. The molecular formula is C26H29FN4O6. The van der Waals surface area contributed by atoms with Crippen LogP contribution in [0.4, 0.5) is 20.6 Å². The Morgan fingerprint density at radius 1 is 1.14 bits per heavy atom. The Balaban J connectivity index is 2.05. The summed E-state index contributed by atoms with van der Waals surface area (Å²) in [6.07, 6.45) is -0.544. The van der Waals surface area contributed by atoms with Crippen LogP contribution in [0.5, 0.6) is 0 Å². The quantitative estimate of drug-likeness (QED) is 0.374. The summed E-state index contributed by atoms with van der Waals surface area (Å²) in [5, 5.41) is 14.8. The Hall–Kier alpha value is -4.41. The van der Waals surface area contributed by atoms with E-state index in [1.807, 2.05) is 0 Å². The molecule has 37 heavy (non-hydrogen) atoms. The maximum absolute atomic E-state index is 14.5. The standard InChI is InChI=1S/C26H29FN4O6/c1-26(2,3)37-25(36)31(5)11-10-17-18-12-15(27)13-19(28-4)21(18)30-23(33)20(17)22(32)29-16-8-6-14(7-9-16)24(34)35/h6-9,12-13,28H,10-11H2,1-5H3,(H,29,32)(H,30,33)(H,34,35). The van der Waals surface area contributed by atoms with Crippen LogP contribution in [0.15, 0.2) is 41.2 Å². The van der Waals surface area contributed by atoms with E-state index in [1.54, 1.807) is 27.8 Å². The largest absolute Gasteiger partial charge is 0.478 e. The summed E-state index contributed by atoms with van der Waals surface area (Å²) in [4.78, 5) is 53.9. The van der Waals surface area contributed by atoms with Crippen molar-refractivity contribution >= 4 is 40.2 Å². The number of aromatic amines is 1. The minimum absolute atomic E-state index is 0.0301. The third-order valence-corrected chi connectivity index (χ3v) is 5.48. The van der Waals surface area contributed by atoms with Crippen LogP contribution in [-0.2, 0) is 11.2 Å². The summed E-state index contributed by atoms with van der Waals surface area (Å²) in [6, 6.07) is 7.85. The molecule has 1 heterocycles. The maximum Gasteiger partial charge on any atom is 0.410 e. The van der Waals surface area contributed by atoms with Gasteiger partial charge in [0.1, 0.15) is 17.0 Å². The van der Waals surface area contributed by atoms with Gasteiger partial charge in [-0.05, 0) is 69.2 Å². The van der Waals surface area contributed by atoms with Crippen molar-refractivity contribution in [3.8, 4) is 0 Å². The van der Waals surface area contributed by atoms with Crippen molar-refractivity contribution in [2.45, 2.75) is 32.8 Å². The number of anilines is 2. The Kier molecular flexibility index (Phi) is 7.85. The van der Waals surface area contributed by atoms with Gasteiger partial charge in [0, 0.05) is 31.7 Å². The second-order valence-electron chi connectivity index (χ2n) is 9.42. The topological polar surface area (TPSA) is 141 Å². The molecule has 0 radical (unpaired) electrons. The van der Waals surface area contributed by atoms with Crippen LogP contribution in [-0.4, -0.2) is 59.2 Å². The molecule has 0 saturated heterocycles. The monoisotopic (exact) mass is 512 g/mol. The number of nitrogens with one attached hydrogen (secondary N) is 3. The van der Waals surface area contributed by atoms with E-state index in [0.717, 1.165) is 0 Å². The Morgan fingerprint density at radius 3 is 2.35 bits per heavy atom. The van der Waals surface area contributed by atoms with E-state index in [1.165, 1.54) is 48.3 Å². The van der Waals surface area contributed by atoms with Crippen LogP contribution >= 0.6 is 0 Å². The highest BCUT2D eigenvalue weighted by Gasteiger charge is 2.24. The van der Waals surface area contributed by atoms with Crippen molar-refractivity contribution in [1.29, 1.82) is 0 Å². The molecule has 0 fully saturated rings. The van der Waals surface area contributed by atoms with Gasteiger partial charge in [0.05, 0.1) is 16.8 Å². The lowest BCUT2D eigenvalue weighted by Crippen LogP contribution is -2.36. The molecule has 0 atom stereocenters. The van der Waals surface area contributed by atoms with Crippen molar-refractivity contribution in [2.75, 3.05) is 31.3 Å². The van der Waals surface area contributed by atoms with Gasteiger partial charge in [0.2, 0.25) is 0 Å². The third-order valence-electron chi connectivity index (χ3n) is 5.48. The number of hydrogen-bond acceptors (Lipinski definition) is 6. The number of nitrogens with zero attached hydrogens (tertiary/aromatic N) is 1. The van der Waals surface area contributed by atoms with Crippen molar-refractivity contribution in [3.63, 3.8) is 0 Å². The lowest BCUT2D eigenvalue weighted by atomic mass is 9.98. The zero-order valence-electron chi connectivity index (χ0n) is 21.2. The number of H-pyrrole nitrogens is 1. The number of rotatable bonds is 7. The molecule has 0 spiro atoms. The molecule has 0 saturated carbocycles. The fourth-order valence-electron chi connectivity index (χ4n) is 3.72. The highest BCUT2D eigenvalue weighted by molar-refractivity contribution is 6.08. The summed E-state index contributed by atoms with van der Waals surface area (Å²) in [7, 11) is 3.09. The summed E-state index contributed by atoms with van der Waals surface area (Å²) in [5.41, 5.74) is -0.496. The first-order valence-corrected chi connectivity index (χ1v) is 11.5. The molecule has 0 aliphatic heterocycles. The van der Waals surface area contributed by atoms with Gasteiger partial charge in [0.15, 0.2) is 0 Å². The van der Waals surface area contributed by atoms with E-state index in [-0.39, 0.29) is 35.3 Å². The molecule has 2 aromatic carbocycles. The van der Waals surface area contributed by atoms with Gasteiger partial charge < -0.3 is 30.4 Å². The number of carboxylic acids is 1. The van der Waals surface area contributed by atoms with E-state index in [9.17, 15) is 23.6 Å². The molecular weight excluding hydrogens is 483 g/mol. The minimum atomic E-state index is -1.12. The van der Waals surface area contributed by atoms with Gasteiger partial charge in [-0.15, -0.1) is 0 Å². The lowest BCUT2D eigenvalue weighted by Gasteiger charge is -2.25. The van der Waals surface area contributed by atoms with Crippen molar-refractivity contribution in [1.82, 2.24) is 9.88 Å². The first kappa shape index (κ1) is 27.2. The van der Waals surface area contributed by atoms with Crippen LogP contribution in [0.1, 0.15) is 47.1 Å². The Bertz CT molecular complexity index is 1410. The number of carbonyl (C=O) groups is 3. The lowest BCUT2D eigenvalue weighted by molar-refractivity contribution is 0.0300. The fraction of sp³-hybridized carbons (Fsp3) is 0.308. The van der Waals surface area contributed by atoms with Gasteiger partial charge >= 0.3 is 12.1 Å². The normalized spacial score (nSPS) is 11.2. The number of amides is 2. The summed E-state index contributed by atoms with van der Waals surface area (Å²) in [5.74, 6) is -2.47. The molecule has 3 aromatic rings. The molecule has 0 unspecified atom stereocenters. The van der Waals surface area contributed by atoms with Gasteiger partial charge in [-0.3, -0.25) is 9.59 Å². The van der Waals surface area contributed by atoms with Crippen molar-refractivity contribution in [3.05, 3.63) is 69.3 Å². The SMILES string of the molecule is CNc1cc(F)cc2c(CCN(C)C(=O)OC(C)(C)C)c(C(=O)Nc3ccc(C(=O)O)cc3)c(=O)[nH]c12. The number of pyridine rings is 1. The van der Waals surface area contributed by atoms with Gasteiger partial charge in [0.25, 0.3) is 11.5 Å². The van der Waals surface area contributed by atoms with Crippen LogP contribution in [0.2, 0.25) is 0 Å². The van der Waals surface area contributed by atoms with Crippen LogP contribution in [0.3, 0.4) is 0 Å². The Morgan fingerprint density at radius 2 is 1.78 bits per heavy atom. The minimum Gasteiger partial charge on any atom is -0.478 e. The Labute approximate surface area is 212 Å². The number of halogens is 1. The van der Waals surface area contributed by atoms with E-state index in [4.69, 9.17) is 9.84 Å². The van der Waals surface area contributed by atoms with Crippen molar-refractivity contribution < 1.29 is 28.6 Å². The average molecular weight is 513 g/mol. The number of aromatic carboxylic acids is 1. The molecule has 1 aromatic heterocycles. The number of fused-ring (bicyclic) bond motifs is 1. The number of benzene rings is 2. The predicted molar refractivity (Wildman–Crippen MR) is 138 cm³/mol. The van der Waals surface area contributed by atoms with Crippen LogP contribution < -0.4 is 16.2 Å². The number of ether oxygens (including phenoxy) is 1. The van der Waals surface area contributed by atoms with E-state index in [2.05, 4.69) is 15.6 Å². The number of carboxylic acid groups (broad SMARTS) is 1. The molecule has 11 heteroatoms. The number of hydrogen-bond donors (Lipinski definition) is 4.